The molecule has 0 fully saturated rings. The standard InChI is InChI=1S/C20H21NO5/c1-23-17-9-13-4-5-14(21-20(22)15(13)10-18(17)24-2)7-12-3-6-16-19(8-12)26-11-25-16/h3,6,8-10,14H,4-5,7,11H2,1-2H3,(H,21,22). The first-order chi connectivity index (χ1) is 12.7. The van der Waals surface area contributed by atoms with E-state index in [0.717, 1.165) is 41.9 Å². The number of amides is 1. The molecule has 6 heteroatoms. The maximum atomic E-state index is 12.7. The van der Waals surface area contributed by atoms with Gasteiger partial charge < -0.3 is 24.3 Å². The van der Waals surface area contributed by atoms with Gasteiger partial charge in [0, 0.05) is 11.6 Å². The summed E-state index contributed by atoms with van der Waals surface area (Å²) in [5.41, 5.74) is 2.74. The van der Waals surface area contributed by atoms with Crippen molar-refractivity contribution in [3.8, 4) is 23.0 Å². The normalized spacial score (nSPS) is 17.9. The molecule has 2 aromatic carbocycles. The Labute approximate surface area is 152 Å². The van der Waals surface area contributed by atoms with Gasteiger partial charge in [-0.2, -0.15) is 0 Å². The van der Waals surface area contributed by atoms with E-state index < -0.39 is 0 Å². The Hall–Kier alpha value is -2.89. The monoisotopic (exact) mass is 355 g/mol. The van der Waals surface area contributed by atoms with Gasteiger partial charge in [0.05, 0.1) is 14.2 Å². The molecule has 1 atom stereocenters. The van der Waals surface area contributed by atoms with Crippen molar-refractivity contribution in [3.05, 3.63) is 47.0 Å². The number of methoxy groups -OCH3 is 2. The lowest BCUT2D eigenvalue weighted by Gasteiger charge is -2.16. The lowest BCUT2D eigenvalue weighted by Crippen LogP contribution is -2.35. The predicted molar refractivity (Wildman–Crippen MR) is 95.4 cm³/mol. The molecule has 0 aromatic heterocycles. The van der Waals surface area contributed by atoms with E-state index in [1.165, 1.54) is 0 Å². The van der Waals surface area contributed by atoms with Crippen LogP contribution in [0.4, 0.5) is 0 Å². The van der Waals surface area contributed by atoms with Crippen LogP contribution in [0.25, 0.3) is 0 Å². The van der Waals surface area contributed by atoms with Crippen molar-refractivity contribution in [1.29, 1.82) is 0 Å². The molecule has 26 heavy (non-hydrogen) atoms. The van der Waals surface area contributed by atoms with Gasteiger partial charge in [0.15, 0.2) is 23.0 Å². The Kier molecular flexibility index (Phi) is 4.32. The second-order valence-corrected chi connectivity index (χ2v) is 6.47. The summed E-state index contributed by atoms with van der Waals surface area (Å²) in [7, 11) is 3.17. The number of nitrogens with one attached hydrogen (secondary N) is 1. The SMILES string of the molecule is COc1cc2c(cc1OC)C(=O)NC(Cc1ccc3c(c1)OCO3)CC2. The highest BCUT2D eigenvalue weighted by molar-refractivity contribution is 5.97. The van der Waals surface area contributed by atoms with Gasteiger partial charge in [-0.3, -0.25) is 4.79 Å². The van der Waals surface area contributed by atoms with Crippen molar-refractivity contribution in [2.45, 2.75) is 25.3 Å². The Morgan fingerprint density at radius 1 is 1.08 bits per heavy atom. The molecule has 0 radical (unpaired) electrons. The topological polar surface area (TPSA) is 66.0 Å². The highest BCUT2D eigenvalue weighted by Crippen LogP contribution is 2.34. The highest BCUT2D eigenvalue weighted by atomic mass is 16.7. The number of aryl methyl sites for hydroxylation is 1. The first-order valence-corrected chi connectivity index (χ1v) is 8.62. The van der Waals surface area contributed by atoms with E-state index in [1.807, 2.05) is 24.3 Å². The van der Waals surface area contributed by atoms with Crippen molar-refractivity contribution in [2.75, 3.05) is 21.0 Å². The largest absolute Gasteiger partial charge is 0.493 e. The van der Waals surface area contributed by atoms with Crippen LogP contribution in [0.15, 0.2) is 30.3 Å². The molecule has 2 aliphatic rings. The third-order valence-corrected chi connectivity index (χ3v) is 4.87. The van der Waals surface area contributed by atoms with E-state index in [2.05, 4.69) is 5.32 Å². The van der Waals surface area contributed by atoms with Crippen molar-refractivity contribution in [3.63, 3.8) is 0 Å². The molecule has 1 unspecified atom stereocenters. The number of carbonyl (C=O) groups is 1. The summed E-state index contributed by atoms with van der Waals surface area (Å²) in [5.74, 6) is 2.67. The second kappa shape index (κ2) is 6.78. The molecule has 4 rings (SSSR count). The van der Waals surface area contributed by atoms with E-state index in [-0.39, 0.29) is 18.7 Å². The number of rotatable bonds is 4. The third-order valence-electron chi connectivity index (χ3n) is 4.87. The van der Waals surface area contributed by atoms with Crippen LogP contribution in [-0.4, -0.2) is 33.0 Å². The average Bonchev–Trinajstić information content (AvgIpc) is 3.07. The van der Waals surface area contributed by atoms with Crippen LogP contribution >= 0.6 is 0 Å². The van der Waals surface area contributed by atoms with Crippen molar-refractivity contribution >= 4 is 5.91 Å². The summed E-state index contributed by atoms with van der Waals surface area (Å²) < 4.78 is 21.5. The van der Waals surface area contributed by atoms with Gasteiger partial charge in [0.1, 0.15) is 0 Å². The van der Waals surface area contributed by atoms with Crippen molar-refractivity contribution < 1.29 is 23.7 Å². The van der Waals surface area contributed by atoms with Crippen LogP contribution in [0, 0.1) is 0 Å². The Morgan fingerprint density at radius 2 is 1.85 bits per heavy atom. The minimum absolute atomic E-state index is 0.0484. The zero-order valence-electron chi connectivity index (χ0n) is 14.8. The van der Waals surface area contributed by atoms with E-state index in [9.17, 15) is 4.79 Å². The average molecular weight is 355 g/mol. The summed E-state index contributed by atoms with van der Waals surface area (Å²) in [5, 5.41) is 3.13. The molecule has 1 amide bonds. The van der Waals surface area contributed by atoms with Gasteiger partial charge in [0.25, 0.3) is 5.91 Å². The number of benzene rings is 2. The lowest BCUT2D eigenvalue weighted by molar-refractivity contribution is 0.0939. The van der Waals surface area contributed by atoms with Crippen LogP contribution in [-0.2, 0) is 12.8 Å². The molecular formula is C20H21NO5. The molecule has 0 aliphatic carbocycles. The first kappa shape index (κ1) is 16.6. The fraction of sp³-hybridized carbons (Fsp3) is 0.350. The van der Waals surface area contributed by atoms with Gasteiger partial charge >= 0.3 is 0 Å². The van der Waals surface area contributed by atoms with Gasteiger partial charge in [-0.15, -0.1) is 0 Å². The zero-order valence-corrected chi connectivity index (χ0v) is 14.8. The number of ether oxygens (including phenoxy) is 4. The number of carbonyl (C=O) groups excluding carboxylic acids is 1. The van der Waals surface area contributed by atoms with Crippen LogP contribution in [0.3, 0.4) is 0 Å². The van der Waals surface area contributed by atoms with E-state index in [1.54, 1.807) is 20.3 Å². The second-order valence-electron chi connectivity index (χ2n) is 6.47. The molecule has 0 saturated carbocycles. The molecule has 2 heterocycles. The number of fused-ring (bicyclic) bond motifs is 2. The fourth-order valence-electron chi connectivity index (χ4n) is 3.51. The van der Waals surface area contributed by atoms with Crippen LogP contribution in [0.1, 0.15) is 27.9 Å². The first-order valence-electron chi connectivity index (χ1n) is 8.62. The van der Waals surface area contributed by atoms with Crippen LogP contribution in [0.2, 0.25) is 0 Å². The Bertz CT molecular complexity index is 848. The molecule has 2 aliphatic heterocycles. The number of hydrogen-bond acceptors (Lipinski definition) is 5. The van der Waals surface area contributed by atoms with Gasteiger partial charge in [-0.1, -0.05) is 6.07 Å². The summed E-state index contributed by atoms with van der Waals surface area (Å²) in [6.45, 7) is 0.262. The quantitative estimate of drug-likeness (QED) is 0.913. The molecule has 136 valence electrons. The molecule has 1 N–H and O–H groups in total. The maximum absolute atomic E-state index is 12.7. The summed E-state index contributed by atoms with van der Waals surface area (Å²) in [4.78, 5) is 12.7. The molecule has 2 aromatic rings. The smallest absolute Gasteiger partial charge is 0.251 e. The molecule has 6 nitrogen and oxygen atoms in total. The molecule has 0 saturated heterocycles. The minimum atomic E-state index is -0.0794. The third kappa shape index (κ3) is 3.03. The van der Waals surface area contributed by atoms with Gasteiger partial charge in [-0.05, 0) is 54.7 Å². The molecular weight excluding hydrogens is 334 g/mol. The van der Waals surface area contributed by atoms with Crippen LogP contribution < -0.4 is 24.3 Å². The fourth-order valence-corrected chi connectivity index (χ4v) is 3.51. The molecule has 0 bridgehead atoms. The molecule has 0 spiro atoms. The zero-order chi connectivity index (χ0) is 18.1. The van der Waals surface area contributed by atoms with Gasteiger partial charge in [-0.25, -0.2) is 0 Å². The Balaban J connectivity index is 1.54. The number of hydrogen-bond donors (Lipinski definition) is 1. The summed E-state index contributed by atoms with van der Waals surface area (Å²) in [6.07, 6.45) is 2.39. The van der Waals surface area contributed by atoms with Crippen molar-refractivity contribution in [1.82, 2.24) is 5.32 Å². The van der Waals surface area contributed by atoms with Crippen LogP contribution in [0.5, 0.6) is 23.0 Å². The predicted octanol–water partition coefficient (Wildman–Crippen LogP) is 2.72. The minimum Gasteiger partial charge on any atom is -0.493 e. The highest BCUT2D eigenvalue weighted by Gasteiger charge is 2.24. The van der Waals surface area contributed by atoms with E-state index >= 15 is 0 Å². The van der Waals surface area contributed by atoms with E-state index in [4.69, 9.17) is 18.9 Å². The maximum Gasteiger partial charge on any atom is 0.251 e. The van der Waals surface area contributed by atoms with E-state index in [0.29, 0.717) is 17.1 Å². The Morgan fingerprint density at radius 3 is 2.65 bits per heavy atom. The lowest BCUT2D eigenvalue weighted by atomic mass is 9.98. The van der Waals surface area contributed by atoms with Crippen molar-refractivity contribution in [2.24, 2.45) is 0 Å². The summed E-state index contributed by atoms with van der Waals surface area (Å²) in [6, 6.07) is 9.62. The summed E-state index contributed by atoms with van der Waals surface area (Å²) >= 11 is 0. The van der Waals surface area contributed by atoms with Gasteiger partial charge in [0.2, 0.25) is 6.79 Å².